The second kappa shape index (κ2) is 13.7. The van der Waals surface area contributed by atoms with E-state index in [4.69, 9.17) is 46.4 Å². The number of rotatable bonds is 11. The molecule has 0 heterocycles. The van der Waals surface area contributed by atoms with E-state index in [0.29, 0.717) is 28.6 Å². The molecule has 0 radical (unpaired) electrons. The fourth-order valence-corrected chi connectivity index (χ4v) is 6.07. The van der Waals surface area contributed by atoms with Crippen molar-refractivity contribution >= 4 is 73.9 Å². The monoisotopic (exact) mass is 629 g/mol. The summed E-state index contributed by atoms with van der Waals surface area (Å²) in [7, 11) is -4.27. The molecule has 0 fully saturated rings. The Hall–Kier alpha value is -2.49. The third kappa shape index (κ3) is 7.80. The topological polar surface area (TPSA) is 86.8 Å². The highest BCUT2D eigenvalue weighted by Gasteiger charge is 2.33. The van der Waals surface area contributed by atoms with Crippen molar-refractivity contribution in [3.8, 4) is 0 Å². The van der Waals surface area contributed by atoms with Crippen LogP contribution in [0.3, 0.4) is 0 Å². The highest BCUT2D eigenvalue weighted by atomic mass is 35.5. The second-order valence-electron chi connectivity index (χ2n) is 8.64. The van der Waals surface area contributed by atoms with Crippen LogP contribution in [-0.4, -0.2) is 44.3 Å². The van der Waals surface area contributed by atoms with Crippen LogP contribution in [-0.2, 0) is 26.2 Å². The van der Waals surface area contributed by atoms with Gasteiger partial charge < -0.3 is 10.2 Å². The second-order valence-corrected chi connectivity index (χ2v) is 12.2. The molecule has 39 heavy (non-hydrogen) atoms. The van der Waals surface area contributed by atoms with Crippen LogP contribution in [0, 0.1) is 0 Å². The predicted molar refractivity (Wildman–Crippen MR) is 157 cm³/mol. The largest absolute Gasteiger partial charge is 0.354 e. The Morgan fingerprint density at radius 3 is 2.18 bits per heavy atom. The van der Waals surface area contributed by atoms with Crippen molar-refractivity contribution in [1.29, 1.82) is 0 Å². The normalized spacial score (nSPS) is 12.1. The zero-order chi connectivity index (χ0) is 28.7. The Morgan fingerprint density at radius 1 is 0.897 bits per heavy atom. The molecule has 0 saturated heterocycles. The van der Waals surface area contributed by atoms with Gasteiger partial charge in [0.1, 0.15) is 12.6 Å². The summed E-state index contributed by atoms with van der Waals surface area (Å²) in [5.74, 6) is -1.05. The highest BCUT2D eigenvalue weighted by Crippen LogP contribution is 2.33. The standard InChI is InChI=1S/C27H27Cl4N3O4S/c1-3-13-32-27(36)18(2)33(16-19-9-10-20(28)14-24(19)31)26(35)17-34(25-15-21(29)11-12-23(25)30)39(37,38)22-7-5-4-6-8-22/h4-12,14-15,18H,3,13,16-17H2,1-2H3,(H,32,36). The molecule has 0 aliphatic carbocycles. The number of nitrogens with one attached hydrogen (secondary N) is 1. The quantitative estimate of drug-likeness (QED) is 0.264. The van der Waals surface area contributed by atoms with Crippen molar-refractivity contribution in [1.82, 2.24) is 10.2 Å². The van der Waals surface area contributed by atoms with Crippen LogP contribution in [0.5, 0.6) is 0 Å². The van der Waals surface area contributed by atoms with Gasteiger partial charge in [0, 0.05) is 28.2 Å². The van der Waals surface area contributed by atoms with Gasteiger partial charge in [-0.15, -0.1) is 0 Å². The van der Waals surface area contributed by atoms with Gasteiger partial charge >= 0.3 is 0 Å². The molecule has 208 valence electrons. The molecule has 0 aliphatic rings. The zero-order valence-corrected chi connectivity index (χ0v) is 25.0. The molecule has 1 N–H and O–H groups in total. The first-order valence-corrected chi connectivity index (χ1v) is 14.9. The Labute approximate surface area is 248 Å². The van der Waals surface area contributed by atoms with E-state index in [1.807, 2.05) is 6.92 Å². The number of carbonyl (C=O) groups excluding carboxylic acids is 2. The van der Waals surface area contributed by atoms with Gasteiger partial charge in [-0.25, -0.2) is 8.42 Å². The lowest BCUT2D eigenvalue weighted by Crippen LogP contribution is -2.51. The highest BCUT2D eigenvalue weighted by molar-refractivity contribution is 7.92. The molecule has 0 aromatic heterocycles. The number of halogens is 4. The van der Waals surface area contributed by atoms with Gasteiger partial charge in [0.15, 0.2) is 0 Å². The molecule has 2 amide bonds. The van der Waals surface area contributed by atoms with Gasteiger partial charge in [-0.2, -0.15) is 0 Å². The summed E-state index contributed by atoms with van der Waals surface area (Å²) in [5, 5.41) is 3.79. The Balaban J connectivity index is 2.07. The van der Waals surface area contributed by atoms with E-state index >= 15 is 0 Å². The van der Waals surface area contributed by atoms with Crippen molar-refractivity contribution < 1.29 is 18.0 Å². The lowest BCUT2D eigenvalue weighted by atomic mass is 10.1. The minimum absolute atomic E-state index is 0.0222. The zero-order valence-electron chi connectivity index (χ0n) is 21.2. The lowest BCUT2D eigenvalue weighted by Gasteiger charge is -2.32. The number of nitrogens with zero attached hydrogens (tertiary/aromatic N) is 2. The van der Waals surface area contributed by atoms with Crippen molar-refractivity contribution in [2.45, 2.75) is 37.8 Å². The minimum Gasteiger partial charge on any atom is -0.354 e. The summed E-state index contributed by atoms with van der Waals surface area (Å²) >= 11 is 25.0. The average molecular weight is 631 g/mol. The first-order chi connectivity index (χ1) is 18.4. The van der Waals surface area contributed by atoms with Gasteiger partial charge in [-0.3, -0.25) is 13.9 Å². The number of benzene rings is 3. The Bertz CT molecular complexity index is 1440. The van der Waals surface area contributed by atoms with Gasteiger partial charge in [0.25, 0.3) is 10.0 Å². The fourth-order valence-electron chi connectivity index (χ4n) is 3.72. The maximum atomic E-state index is 13.9. The van der Waals surface area contributed by atoms with Crippen molar-refractivity contribution in [3.05, 3.63) is 92.4 Å². The van der Waals surface area contributed by atoms with Gasteiger partial charge in [0.2, 0.25) is 11.8 Å². The van der Waals surface area contributed by atoms with Crippen LogP contribution in [0.1, 0.15) is 25.8 Å². The SMILES string of the molecule is CCCNC(=O)C(C)N(Cc1ccc(Cl)cc1Cl)C(=O)CN(c1cc(Cl)ccc1Cl)S(=O)(=O)c1ccccc1. The molecule has 0 aliphatic heterocycles. The molecule has 3 rings (SSSR count). The van der Waals surface area contributed by atoms with Crippen LogP contribution in [0.2, 0.25) is 20.1 Å². The van der Waals surface area contributed by atoms with Gasteiger partial charge in [-0.1, -0.05) is 77.6 Å². The summed E-state index contributed by atoms with van der Waals surface area (Å²) in [4.78, 5) is 28.0. The van der Waals surface area contributed by atoms with Crippen molar-refractivity contribution in [3.63, 3.8) is 0 Å². The average Bonchev–Trinajstić information content (AvgIpc) is 2.91. The summed E-state index contributed by atoms with van der Waals surface area (Å²) < 4.78 is 28.5. The van der Waals surface area contributed by atoms with Crippen molar-refractivity contribution in [2.75, 3.05) is 17.4 Å². The summed E-state index contributed by atoms with van der Waals surface area (Å²) in [6, 6.07) is 15.8. The number of hydrogen-bond donors (Lipinski definition) is 1. The summed E-state index contributed by atoms with van der Waals surface area (Å²) in [6.07, 6.45) is 0.700. The molecular weight excluding hydrogens is 604 g/mol. The van der Waals surface area contributed by atoms with Crippen LogP contribution < -0.4 is 9.62 Å². The molecule has 0 spiro atoms. The first-order valence-electron chi connectivity index (χ1n) is 12.0. The Kier molecular flexibility index (Phi) is 10.9. The van der Waals surface area contributed by atoms with E-state index in [1.165, 1.54) is 41.3 Å². The predicted octanol–water partition coefficient (Wildman–Crippen LogP) is 6.44. The van der Waals surface area contributed by atoms with Gasteiger partial charge in [-0.05, 0) is 61.4 Å². The van der Waals surface area contributed by atoms with Gasteiger partial charge in [0.05, 0.1) is 15.6 Å². The number of sulfonamides is 1. The number of anilines is 1. The van der Waals surface area contributed by atoms with E-state index in [1.54, 1.807) is 37.3 Å². The molecule has 7 nitrogen and oxygen atoms in total. The smallest absolute Gasteiger partial charge is 0.264 e. The van der Waals surface area contributed by atoms with E-state index in [2.05, 4.69) is 5.32 Å². The third-order valence-corrected chi connectivity index (χ3v) is 8.77. The van der Waals surface area contributed by atoms with Crippen LogP contribution >= 0.6 is 46.4 Å². The van der Waals surface area contributed by atoms with Crippen LogP contribution in [0.25, 0.3) is 0 Å². The molecule has 0 bridgehead atoms. The minimum atomic E-state index is -4.27. The van der Waals surface area contributed by atoms with Crippen molar-refractivity contribution in [2.24, 2.45) is 0 Å². The molecule has 12 heteroatoms. The lowest BCUT2D eigenvalue weighted by molar-refractivity contribution is -0.139. The molecular formula is C27H27Cl4N3O4S. The number of amides is 2. The van der Waals surface area contributed by atoms with Crippen LogP contribution in [0.4, 0.5) is 5.69 Å². The molecule has 3 aromatic carbocycles. The van der Waals surface area contributed by atoms with E-state index in [9.17, 15) is 18.0 Å². The fraction of sp³-hybridized carbons (Fsp3) is 0.259. The summed E-state index contributed by atoms with van der Waals surface area (Å²) in [6.45, 7) is 3.16. The maximum Gasteiger partial charge on any atom is 0.264 e. The molecule has 1 unspecified atom stereocenters. The molecule has 1 atom stereocenters. The van der Waals surface area contributed by atoms with E-state index < -0.39 is 34.4 Å². The Morgan fingerprint density at radius 2 is 1.54 bits per heavy atom. The third-order valence-electron chi connectivity index (χ3n) is 5.86. The first kappa shape index (κ1) is 31.0. The van der Waals surface area contributed by atoms with Crippen LogP contribution in [0.15, 0.2) is 71.6 Å². The van der Waals surface area contributed by atoms with E-state index in [-0.39, 0.29) is 27.2 Å². The molecule has 0 saturated carbocycles. The summed E-state index contributed by atoms with van der Waals surface area (Å²) in [5.41, 5.74) is 0.553. The number of hydrogen-bond acceptors (Lipinski definition) is 4. The molecule has 3 aromatic rings. The maximum absolute atomic E-state index is 13.9. The number of carbonyl (C=O) groups is 2. The van der Waals surface area contributed by atoms with E-state index in [0.717, 1.165) is 4.31 Å².